The van der Waals surface area contributed by atoms with Crippen LogP contribution in [0.2, 0.25) is 0 Å². The minimum Gasteiger partial charge on any atom is -0.469 e. The number of hydrogen-bond acceptors (Lipinski definition) is 3. The van der Waals surface area contributed by atoms with Gasteiger partial charge in [0.2, 0.25) is 0 Å². The molecule has 3 N–H and O–H groups in total. The molecule has 0 spiro atoms. The molecule has 2 aromatic rings. The number of furan rings is 1. The number of rotatable bonds is 4. The van der Waals surface area contributed by atoms with Crippen molar-refractivity contribution in [2.45, 2.75) is 37.8 Å². The van der Waals surface area contributed by atoms with Crippen molar-refractivity contribution in [3.8, 4) is 0 Å². The normalized spacial score (nSPS) is 19.5. The molecule has 1 aliphatic carbocycles. The third kappa shape index (κ3) is 3.56. The summed E-state index contributed by atoms with van der Waals surface area (Å²) in [6.45, 7) is 1.84. The van der Waals surface area contributed by atoms with Crippen LogP contribution in [0, 0.1) is 0 Å². The fourth-order valence-corrected chi connectivity index (χ4v) is 3.00. The van der Waals surface area contributed by atoms with Gasteiger partial charge in [-0.15, -0.1) is 0 Å². The molecule has 0 bridgehead atoms. The molecule has 2 unspecified atom stereocenters. The average molecular weight is 314 g/mol. The van der Waals surface area contributed by atoms with Gasteiger partial charge in [0.1, 0.15) is 11.4 Å². The predicted octanol–water partition coefficient (Wildman–Crippen LogP) is 2.86. The summed E-state index contributed by atoms with van der Waals surface area (Å²) in [5.41, 5.74) is 0.725. The number of aryl methyl sites for hydroxylation is 1. The molecule has 3 rings (SSSR count). The van der Waals surface area contributed by atoms with E-state index < -0.39 is 5.60 Å². The molecule has 1 aliphatic rings. The van der Waals surface area contributed by atoms with Crippen molar-refractivity contribution in [2.24, 2.45) is 0 Å². The Bertz CT molecular complexity index is 664. The molecule has 1 aromatic heterocycles. The molecule has 1 heterocycles. The van der Waals surface area contributed by atoms with Crippen molar-refractivity contribution in [1.82, 2.24) is 10.6 Å². The van der Waals surface area contributed by atoms with E-state index in [2.05, 4.69) is 10.6 Å². The maximum Gasteiger partial charge on any atom is 0.315 e. The summed E-state index contributed by atoms with van der Waals surface area (Å²) in [7, 11) is 0. The van der Waals surface area contributed by atoms with Gasteiger partial charge in [-0.1, -0.05) is 30.3 Å². The molecule has 0 saturated carbocycles. The topological polar surface area (TPSA) is 74.5 Å². The number of urea groups is 1. The van der Waals surface area contributed by atoms with Crippen molar-refractivity contribution in [2.75, 3.05) is 6.54 Å². The second-order valence-corrected chi connectivity index (χ2v) is 6.21. The van der Waals surface area contributed by atoms with E-state index in [-0.39, 0.29) is 18.6 Å². The first-order chi connectivity index (χ1) is 11.1. The smallest absolute Gasteiger partial charge is 0.315 e. The Labute approximate surface area is 135 Å². The van der Waals surface area contributed by atoms with Gasteiger partial charge in [0.25, 0.3) is 0 Å². The minimum atomic E-state index is -1.11. The maximum atomic E-state index is 12.2. The molecule has 1 aromatic carbocycles. The van der Waals surface area contributed by atoms with Gasteiger partial charge in [-0.3, -0.25) is 0 Å². The molecule has 0 fully saturated rings. The first-order valence-corrected chi connectivity index (χ1v) is 7.95. The van der Waals surface area contributed by atoms with E-state index in [1.165, 1.54) is 0 Å². The molecule has 23 heavy (non-hydrogen) atoms. The molecular weight excluding hydrogens is 292 g/mol. The Morgan fingerprint density at radius 3 is 2.91 bits per heavy atom. The summed E-state index contributed by atoms with van der Waals surface area (Å²) in [6.07, 6.45) is 4.48. The van der Waals surface area contributed by atoms with Crippen molar-refractivity contribution in [3.05, 3.63) is 59.5 Å². The third-order valence-electron chi connectivity index (χ3n) is 4.35. The maximum absolute atomic E-state index is 12.2. The number of carbonyl (C=O) groups excluding carboxylic acids is 1. The summed E-state index contributed by atoms with van der Waals surface area (Å²) in [6, 6.07) is 10.9. The molecule has 0 aliphatic heterocycles. The second kappa shape index (κ2) is 6.46. The predicted molar refractivity (Wildman–Crippen MR) is 86.9 cm³/mol. The van der Waals surface area contributed by atoms with Crippen LogP contribution in [0.5, 0.6) is 0 Å². The van der Waals surface area contributed by atoms with E-state index in [4.69, 9.17) is 4.42 Å². The summed E-state index contributed by atoms with van der Waals surface area (Å²) in [5.74, 6) is 0.956. The lowest BCUT2D eigenvalue weighted by Gasteiger charge is -2.26. The molecule has 2 atom stereocenters. The number of carbonyl (C=O) groups is 1. The van der Waals surface area contributed by atoms with Gasteiger partial charge in [-0.25, -0.2) is 4.79 Å². The molecule has 0 saturated heterocycles. The highest BCUT2D eigenvalue weighted by Crippen LogP contribution is 2.30. The molecule has 2 amide bonds. The zero-order valence-corrected chi connectivity index (χ0v) is 13.2. The fourth-order valence-electron chi connectivity index (χ4n) is 3.00. The zero-order valence-electron chi connectivity index (χ0n) is 13.2. The number of fused-ring (bicyclic) bond motifs is 1. The van der Waals surface area contributed by atoms with Crippen molar-refractivity contribution in [3.63, 3.8) is 0 Å². The summed E-state index contributed by atoms with van der Waals surface area (Å²) < 4.78 is 5.43. The first-order valence-electron chi connectivity index (χ1n) is 7.95. The summed E-state index contributed by atoms with van der Waals surface area (Å²) >= 11 is 0. The first kappa shape index (κ1) is 15.6. The van der Waals surface area contributed by atoms with E-state index in [1.807, 2.05) is 36.4 Å². The van der Waals surface area contributed by atoms with Gasteiger partial charge in [0.05, 0.1) is 18.8 Å². The lowest BCUT2D eigenvalue weighted by atomic mass is 9.93. The molecule has 5 nitrogen and oxygen atoms in total. The van der Waals surface area contributed by atoms with Crippen molar-refractivity contribution >= 4 is 6.03 Å². The monoisotopic (exact) mass is 314 g/mol. The Hall–Kier alpha value is -2.27. The van der Waals surface area contributed by atoms with E-state index in [1.54, 1.807) is 13.2 Å². The Balaban J connectivity index is 1.57. The molecule has 122 valence electrons. The van der Waals surface area contributed by atoms with Gasteiger partial charge >= 0.3 is 6.03 Å². The third-order valence-corrected chi connectivity index (χ3v) is 4.35. The van der Waals surface area contributed by atoms with E-state index in [9.17, 15) is 9.90 Å². The quantitative estimate of drug-likeness (QED) is 0.812. The summed E-state index contributed by atoms with van der Waals surface area (Å²) in [5, 5.41) is 16.2. The van der Waals surface area contributed by atoms with Crippen LogP contribution in [-0.4, -0.2) is 17.7 Å². The van der Waals surface area contributed by atoms with Gasteiger partial charge in [-0.2, -0.15) is 0 Å². The number of hydrogen-bond donors (Lipinski definition) is 3. The molecular formula is C18H22N2O3. The number of benzene rings is 1. The minimum absolute atomic E-state index is 0.0285. The number of amides is 2. The highest BCUT2D eigenvalue weighted by atomic mass is 16.3. The fraction of sp³-hybridized carbons (Fsp3) is 0.389. The standard InChI is InChI=1S/C18H22N2O3/c1-18(22,13-6-3-2-4-7-13)12-19-17(21)20-15-8-5-9-16-14(15)10-11-23-16/h2-4,6-7,10-11,15,22H,5,8-9,12H2,1H3,(H2,19,20,21). The summed E-state index contributed by atoms with van der Waals surface area (Å²) in [4.78, 5) is 12.2. The zero-order chi connectivity index (χ0) is 16.3. The van der Waals surface area contributed by atoms with Crippen molar-refractivity contribution < 1.29 is 14.3 Å². The Morgan fingerprint density at radius 2 is 2.13 bits per heavy atom. The molecule has 0 radical (unpaired) electrons. The Morgan fingerprint density at radius 1 is 1.35 bits per heavy atom. The van der Waals surface area contributed by atoms with Crippen LogP contribution < -0.4 is 10.6 Å². The largest absolute Gasteiger partial charge is 0.469 e. The highest BCUT2D eigenvalue weighted by Gasteiger charge is 2.26. The Kier molecular flexibility index (Phi) is 4.39. The second-order valence-electron chi connectivity index (χ2n) is 6.21. The van der Waals surface area contributed by atoms with Crippen LogP contribution in [0.1, 0.15) is 42.7 Å². The highest BCUT2D eigenvalue weighted by molar-refractivity contribution is 5.74. The van der Waals surface area contributed by atoms with E-state index >= 15 is 0 Å². The van der Waals surface area contributed by atoms with Crippen LogP contribution in [0.15, 0.2) is 47.1 Å². The van der Waals surface area contributed by atoms with E-state index in [0.717, 1.165) is 36.1 Å². The van der Waals surface area contributed by atoms with Crippen LogP contribution >= 0.6 is 0 Å². The van der Waals surface area contributed by atoms with Gasteiger partial charge in [0, 0.05) is 12.0 Å². The van der Waals surface area contributed by atoms with Crippen LogP contribution in [0.4, 0.5) is 4.79 Å². The number of aliphatic hydroxyl groups is 1. The lowest BCUT2D eigenvalue weighted by Crippen LogP contribution is -2.44. The SMILES string of the molecule is CC(O)(CNC(=O)NC1CCCc2occc21)c1ccccc1. The van der Waals surface area contributed by atoms with E-state index in [0.29, 0.717) is 0 Å². The van der Waals surface area contributed by atoms with Crippen molar-refractivity contribution in [1.29, 1.82) is 0 Å². The van der Waals surface area contributed by atoms with Gasteiger partial charge in [-0.05, 0) is 31.4 Å². The number of nitrogens with one attached hydrogen (secondary N) is 2. The lowest BCUT2D eigenvalue weighted by molar-refractivity contribution is 0.0592. The molecule has 5 heteroatoms. The van der Waals surface area contributed by atoms with Crippen LogP contribution in [0.3, 0.4) is 0 Å². The van der Waals surface area contributed by atoms with Crippen LogP contribution in [0.25, 0.3) is 0 Å². The average Bonchev–Trinajstić information content (AvgIpc) is 3.04. The van der Waals surface area contributed by atoms with Gasteiger partial charge in [0.15, 0.2) is 0 Å². The van der Waals surface area contributed by atoms with Crippen LogP contribution in [-0.2, 0) is 12.0 Å². The van der Waals surface area contributed by atoms with Gasteiger partial charge < -0.3 is 20.2 Å².